The van der Waals surface area contributed by atoms with Crippen molar-refractivity contribution in [3.05, 3.63) is 35.9 Å². The Labute approximate surface area is 139 Å². The molecule has 0 radical (unpaired) electrons. The van der Waals surface area contributed by atoms with Crippen molar-refractivity contribution < 1.29 is 9.90 Å². The minimum absolute atomic E-state index is 0.271. The van der Waals surface area contributed by atoms with Crippen LogP contribution in [-0.4, -0.2) is 35.1 Å². The molecule has 1 aliphatic carbocycles. The SMILES string of the molecule is CC(O)C1CCN(C(=O)CC2CCC(c3ccccc3)CC2)C1. The lowest BCUT2D eigenvalue weighted by Crippen LogP contribution is -2.32. The van der Waals surface area contributed by atoms with E-state index in [1.54, 1.807) is 0 Å². The van der Waals surface area contributed by atoms with E-state index in [0.717, 1.165) is 19.5 Å². The van der Waals surface area contributed by atoms with Crippen molar-refractivity contribution in [2.75, 3.05) is 13.1 Å². The quantitative estimate of drug-likeness (QED) is 0.922. The van der Waals surface area contributed by atoms with Crippen molar-refractivity contribution in [3.63, 3.8) is 0 Å². The Balaban J connectivity index is 1.45. The second-order valence-corrected chi connectivity index (χ2v) is 7.46. The first-order valence-corrected chi connectivity index (χ1v) is 9.14. The number of aliphatic hydroxyl groups excluding tert-OH is 1. The molecular formula is C20H29NO2. The molecule has 2 fully saturated rings. The smallest absolute Gasteiger partial charge is 0.222 e. The zero-order chi connectivity index (χ0) is 16.2. The topological polar surface area (TPSA) is 40.5 Å². The van der Waals surface area contributed by atoms with Crippen LogP contribution in [0.15, 0.2) is 30.3 Å². The highest BCUT2D eigenvalue weighted by Crippen LogP contribution is 2.37. The van der Waals surface area contributed by atoms with Crippen LogP contribution in [0.4, 0.5) is 0 Å². The Hall–Kier alpha value is -1.35. The maximum atomic E-state index is 12.5. The molecule has 0 spiro atoms. The molecule has 1 heterocycles. The van der Waals surface area contributed by atoms with Crippen LogP contribution in [0.1, 0.15) is 56.9 Å². The summed E-state index contributed by atoms with van der Waals surface area (Å²) < 4.78 is 0. The van der Waals surface area contributed by atoms with E-state index in [2.05, 4.69) is 30.3 Å². The molecule has 2 atom stereocenters. The summed E-state index contributed by atoms with van der Waals surface area (Å²) in [7, 11) is 0. The van der Waals surface area contributed by atoms with Crippen LogP contribution < -0.4 is 0 Å². The molecule has 1 aliphatic heterocycles. The van der Waals surface area contributed by atoms with E-state index in [1.165, 1.54) is 31.2 Å². The number of amides is 1. The van der Waals surface area contributed by atoms with Crippen LogP contribution >= 0.6 is 0 Å². The van der Waals surface area contributed by atoms with E-state index in [9.17, 15) is 9.90 Å². The summed E-state index contributed by atoms with van der Waals surface area (Å²) in [4.78, 5) is 14.5. The van der Waals surface area contributed by atoms with Gasteiger partial charge < -0.3 is 10.0 Å². The van der Waals surface area contributed by atoms with Gasteiger partial charge in [0.05, 0.1) is 6.10 Å². The molecule has 1 aromatic rings. The molecule has 23 heavy (non-hydrogen) atoms. The summed E-state index contributed by atoms with van der Waals surface area (Å²) in [5, 5.41) is 9.67. The first kappa shape index (κ1) is 16.5. The largest absolute Gasteiger partial charge is 0.393 e. The first-order chi connectivity index (χ1) is 11.1. The molecule has 1 saturated carbocycles. The highest BCUT2D eigenvalue weighted by molar-refractivity contribution is 5.76. The number of nitrogens with zero attached hydrogens (tertiary/aromatic N) is 1. The van der Waals surface area contributed by atoms with Gasteiger partial charge in [-0.15, -0.1) is 0 Å². The zero-order valence-electron chi connectivity index (χ0n) is 14.2. The molecule has 1 N–H and O–H groups in total. The Kier molecular flexibility index (Phi) is 5.37. The third kappa shape index (κ3) is 4.14. The maximum Gasteiger partial charge on any atom is 0.222 e. The summed E-state index contributed by atoms with van der Waals surface area (Å²) in [5.41, 5.74) is 1.46. The molecule has 0 bridgehead atoms. The lowest BCUT2D eigenvalue weighted by atomic mass is 9.77. The number of carbonyl (C=O) groups is 1. The number of carbonyl (C=O) groups excluding carboxylic acids is 1. The Morgan fingerprint density at radius 3 is 2.48 bits per heavy atom. The van der Waals surface area contributed by atoms with Gasteiger partial charge in [-0.25, -0.2) is 0 Å². The van der Waals surface area contributed by atoms with Crippen molar-refractivity contribution >= 4 is 5.91 Å². The molecule has 126 valence electrons. The Bertz CT molecular complexity index is 506. The maximum absolute atomic E-state index is 12.5. The minimum atomic E-state index is -0.297. The molecule has 3 rings (SSSR count). The van der Waals surface area contributed by atoms with Crippen molar-refractivity contribution in [1.29, 1.82) is 0 Å². The van der Waals surface area contributed by atoms with Gasteiger partial charge in [0.1, 0.15) is 0 Å². The fourth-order valence-corrected chi connectivity index (χ4v) is 4.21. The van der Waals surface area contributed by atoms with Gasteiger partial charge in [-0.2, -0.15) is 0 Å². The zero-order valence-corrected chi connectivity index (χ0v) is 14.2. The highest BCUT2D eigenvalue weighted by Gasteiger charge is 2.31. The number of rotatable bonds is 4. The van der Waals surface area contributed by atoms with Crippen molar-refractivity contribution in [2.24, 2.45) is 11.8 Å². The van der Waals surface area contributed by atoms with E-state index >= 15 is 0 Å². The van der Waals surface area contributed by atoms with Gasteiger partial charge >= 0.3 is 0 Å². The Morgan fingerprint density at radius 1 is 1.17 bits per heavy atom. The summed E-state index contributed by atoms with van der Waals surface area (Å²) in [6.45, 7) is 3.41. The second-order valence-electron chi connectivity index (χ2n) is 7.46. The van der Waals surface area contributed by atoms with Gasteiger partial charge in [0.15, 0.2) is 0 Å². The Morgan fingerprint density at radius 2 is 1.87 bits per heavy atom. The molecule has 1 aromatic carbocycles. The summed E-state index contributed by atoms with van der Waals surface area (Å²) in [6, 6.07) is 10.8. The predicted molar refractivity (Wildman–Crippen MR) is 92.1 cm³/mol. The van der Waals surface area contributed by atoms with Gasteiger partial charge in [-0.1, -0.05) is 30.3 Å². The lowest BCUT2D eigenvalue weighted by Gasteiger charge is -2.29. The lowest BCUT2D eigenvalue weighted by molar-refractivity contribution is -0.131. The molecule has 3 heteroatoms. The standard InChI is InChI=1S/C20H29NO2/c1-15(22)19-11-12-21(14-19)20(23)13-16-7-9-18(10-8-16)17-5-3-2-4-6-17/h2-6,15-16,18-19,22H,7-14H2,1H3. The second kappa shape index (κ2) is 7.48. The molecule has 2 unspecified atom stereocenters. The average Bonchev–Trinajstić information content (AvgIpc) is 3.07. The molecule has 2 aliphatic rings. The molecular weight excluding hydrogens is 286 g/mol. The van der Waals surface area contributed by atoms with Gasteiger partial charge in [0.25, 0.3) is 0 Å². The fourth-order valence-electron chi connectivity index (χ4n) is 4.21. The fraction of sp³-hybridized carbons (Fsp3) is 0.650. The predicted octanol–water partition coefficient (Wildman–Crippen LogP) is 3.58. The third-order valence-electron chi connectivity index (χ3n) is 5.84. The van der Waals surface area contributed by atoms with Gasteiger partial charge in [-0.3, -0.25) is 4.79 Å². The normalized spacial score (nSPS) is 29.5. The molecule has 3 nitrogen and oxygen atoms in total. The number of likely N-dealkylation sites (tertiary alicyclic amines) is 1. The molecule has 1 amide bonds. The summed E-state index contributed by atoms with van der Waals surface area (Å²) in [5.74, 6) is 1.80. The number of benzene rings is 1. The van der Waals surface area contributed by atoms with Crippen LogP contribution in [0.2, 0.25) is 0 Å². The van der Waals surface area contributed by atoms with Crippen molar-refractivity contribution in [2.45, 2.75) is 57.5 Å². The first-order valence-electron chi connectivity index (χ1n) is 9.14. The van der Waals surface area contributed by atoms with Crippen molar-refractivity contribution in [1.82, 2.24) is 4.90 Å². The minimum Gasteiger partial charge on any atom is -0.393 e. The van der Waals surface area contributed by atoms with E-state index in [1.807, 2.05) is 11.8 Å². The van der Waals surface area contributed by atoms with E-state index in [0.29, 0.717) is 24.2 Å². The van der Waals surface area contributed by atoms with Gasteiger partial charge in [0.2, 0.25) is 5.91 Å². The monoisotopic (exact) mass is 315 g/mol. The number of hydrogen-bond donors (Lipinski definition) is 1. The van der Waals surface area contributed by atoms with Crippen LogP contribution in [0.25, 0.3) is 0 Å². The van der Waals surface area contributed by atoms with Gasteiger partial charge in [0, 0.05) is 25.4 Å². The van der Waals surface area contributed by atoms with Crippen LogP contribution in [-0.2, 0) is 4.79 Å². The summed E-state index contributed by atoms with van der Waals surface area (Å²) in [6.07, 6.45) is 6.10. The van der Waals surface area contributed by atoms with Crippen molar-refractivity contribution in [3.8, 4) is 0 Å². The number of aliphatic hydroxyl groups is 1. The van der Waals surface area contributed by atoms with Crippen LogP contribution in [0, 0.1) is 11.8 Å². The van der Waals surface area contributed by atoms with E-state index in [-0.39, 0.29) is 12.0 Å². The third-order valence-corrected chi connectivity index (χ3v) is 5.84. The summed E-state index contributed by atoms with van der Waals surface area (Å²) >= 11 is 0. The average molecular weight is 315 g/mol. The van der Waals surface area contributed by atoms with E-state index < -0.39 is 0 Å². The molecule has 1 saturated heterocycles. The molecule has 0 aromatic heterocycles. The van der Waals surface area contributed by atoms with Gasteiger partial charge in [-0.05, 0) is 56.4 Å². The van der Waals surface area contributed by atoms with E-state index in [4.69, 9.17) is 0 Å². The highest BCUT2D eigenvalue weighted by atomic mass is 16.3. The van der Waals surface area contributed by atoms with Crippen LogP contribution in [0.3, 0.4) is 0 Å². The number of hydrogen-bond acceptors (Lipinski definition) is 2. The van der Waals surface area contributed by atoms with Crippen LogP contribution in [0.5, 0.6) is 0 Å².